The van der Waals surface area contributed by atoms with E-state index in [1.807, 2.05) is 12.1 Å². The van der Waals surface area contributed by atoms with Crippen LogP contribution in [0.25, 0.3) is 0 Å². The largest absolute Gasteiger partial charge is 0.481 e. The zero-order chi connectivity index (χ0) is 15.9. The molecule has 0 aromatic heterocycles. The third kappa shape index (κ3) is 4.32. The van der Waals surface area contributed by atoms with Crippen molar-refractivity contribution in [2.24, 2.45) is 0 Å². The highest BCUT2D eigenvalue weighted by Crippen LogP contribution is 2.12. The maximum atomic E-state index is 11.2. The monoisotopic (exact) mass is 292 g/mol. The molecule has 0 radical (unpaired) electrons. The second-order valence-corrected chi connectivity index (χ2v) is 4.80. The van der Waals surface area contributed by atoms with Gasteiger partial charge in [0.1, 0.15) is 12.4 Å². The lowest BCUT2D eigenvalue weighted by molar-refractivity contribution is 0.100. The summed E-state index contributed by atoms with van der Waals surface area (Å²) < 4.78 is 5.49. The van der Waals surface area contributed by atoms with Crippen molar-refractivity contribution in [2.75, 3.05) is 6.61 Å². The van der Waals surface area contributed by atoms with Crippen molar-refractivity contribution < 1.29 is 14.3 Å². The van der Waals surface area contributed by atoms with E-state index in [4.69, 9.17) is 4.74 Å². The molecule has 0 spiro atoms. The standard InChI is InChI=1S/C19H16O3/c1-14(20)17-7-5-16(6-8-17)4-3-13-22-19-11-9-18(10-12-19)15(2)21/h5-12H,13H2,1-2H3. The minimum atomic E-state index is 0.0281. The van der Waals surface area contributed by atoms with E-state index in [-0.39, 0.29) is 18.2 Å². The fourth-order valence-electron chi connectivity index (χ4n) is 1.83. The van der Waals surface area contributed by atoms with E-state index in [1.165, 1.54) is 13.8 Å². The van der Waals surface area contributed by atoms with Crippen molar-refractivity contribution in [2.45, 2.75) is 13.8 Å². The molecule has 0 atom stereocenters. The molecular weight excluding hydrogens is 276 g/mol. The molecule has 0 saturated heterocycles. The SMILES string of the molecule is CC(=O)c1ccc(C#CCOc2ccc(C(C)=O)cc2)cc1. The number of ketones is 2. The zero-order valence-corrected chi connectivity index (χ0v) is 12.6. The van der Waals surface area contributed by atoms with E-state index < -0.39 is 0 Å². The molecule has 2 rings (SSSR count). The number of ether oxygens (including phenoxy) is 1. The summed E-state index contributed by atoms with van der Waals surface area (Å²) in [4.78, 5) is 22.3. The molecule has 22 heavy (non-hydrogen) atoms. The Morgan fingerprint density at radius 3 is 1.86 bits per heavy atom. The minimum Gasteiger partial charge on any atom is -0.481 e. The molecule has 0 saturated carbocycles. The van der Waals surface area contributed by atoms with E-state index in [2.05, 4.69) is 11.8 Å². The van der Waals surface area contributed by atoms with Crippen LogP contribution in [0.3, 0.4) is 0 Å². The topological polar surface area (TPSA) is 43.4 Å². The summed E-state index contributed by atoms with van der Waals surface area (Å²) in [5, 5.41) is 0. The summed E-state index contributed by atoms with van der Waals surface area (Å²) in [6, 6.07) is 14.1. The van der Waals surface area contributed by atoms with E-state index >= 15 is 0 Å². The van der Waals surface area contributed by atoms with E-state index in [9.17, 15) is 9.59 Å². The van der Waals surface area contributed by atoms with Crippen LogP contribution in [0, 0.1) is 11.8 Å². The van der Waals surface area contributed by atoms with E-state index in [0.717, 1.165) is 5.56 Å². The van der Waals surface area contributed by atoms with Gasteiger partial charge in [-0.1, -0.05) is 24.0 Å². The lowest BCUT2D eigenvalue weighted by Crippen LogP contribution is -1.96. The number of carbonyl (C=O) groups is 2. The molecule has 3 heteroatoms. The zero-order valence-electron chi connectivity index (χ0n) is 12.6. The average Bonchev–Trinajstić information content (AvgIpc) is 2.52. The van der Waals surface area contributed by atoms with Crippen molar-refractivity contribution in [3.05, 3.63) is 65.2 Å². The normalized spacial score (nSPS) is 9.55. The number of benzene rings is 2. The molecule has 0 bridgehead atoms. The summed E-state index contributed by atoms with van der Waals surface area (Å²) in [5.41, 5.74) is 2.16. The molecule has 110 valence electrons. The van der Waals surface area contributed by atoms with Crippen LogP contribution >= 0.6 is 0 Å². The highest BCUT2D eigenvalue weighted by atomic mass is 16.5. The number of hydrogen-bond acceptors (Lipinski definition) is 3. The van der Waals surface area contributed by atoms with Gasteiger partial charge in [-0.15, -0.1) is 0 Å². The first-order valence-corrected chi connectivity index (χ1v) is 6.90. The van der Waals surface area contributed by atoms with Crippen LogP contribution in [0.4, 0.5) is 0 Å². The van der Waals surface area contributed by atoms with E-state index in [0.29, 0.717) is 16.9 Å². The van der Waals surface area contributed by atoms with Gasteiger partial charge < -0.3 is 4.74 Å². The van der Waals surface area contributed by atoms with Crippen LogP contribution in [0.15, 0.2) is 48.5 Å². The van der Waals surface area contributed by atoms with Crippen LogP contribution in [0.2, 0.25) is 0 Å². The number of hydrogen-bond donors (Lipinski definition) is 0. The Morgan fingerprint density at radius 2 is 1.36 bits per heavy atom. The van der Waals surface area contributed by atoms with Crippen LogP contribution in [0.1, 0.15) is 40.1 Å². The molecular formula is C19H16O3. The van der Waals surface area contributed by atoms with Crippen molar-refractivity contribution in [1.29, 1.82) is 0 Å². The van der Waals surface area contributed by atoms with Gasteiger partial charge in [-0.3, -0.25) is 9.59 Å². The smallest absolute Gasteiger partial charge is 0.159 e. The van der Waals surface area contributed by atoms with Crippen molar-refractivity contribution >= 4 is 11.6 Å². The molecule has 0 aliphatic carbocycles. The molecule has 3 nitrogen and oxygen atoms in total. The molecule has 0 aliphatic heterocycles. The predicted molar refractivity (Wildman–Crippen MR) is 85.3 cm³/mol. The van der Waals surface area contributed by atoms with Gasteiger partial charge >= 0.3 is 0 Å². The molecule has 0 amide bonds. The Balaban J connectivity index is 1.91. The Hall–Kier alpha value is -2.86. The second kappa shape index (κ2) is 7.24. The first-order valence-electron chi connectivity index (χ1n) is 6.90. The van der Waals surface area contributed by atoms with Crippen molar-refractivity contribution in [3.8, 4) is 17.6 Å². The van der Waals surface area contributed by atoms with Gasteiger partial charge in [0, 0.05) is 16.7 Å². The maximum Gasteiger partial charge on any atom is 0.159 e. The Kier molecular flexibility index (Phi) is 5.11. The van der Waals surface area contributed by atoms with Crippen LogP contribution in [0.5, 0.6) is 5.75 Å². The van der Waals surface area contributed by atoms with Gasteiger partial charge in [0.15, 0.2) is 11.6 Å². The lowest BCUT2D eigenvalue weighted by atomic mass is 10.1. The summed E-state index contributed by atoms with van der Waals surface area (Å²) in [6.07, 6.45) is 0. The fraction of sp³-hybridized carbons (Fsp3) is 0.158. The molecule has 0 heterocycles. The molecule has 0 N–H and O–H groups in total. The quantitative estimate of drug-likeness (QED) is 0.639. The van der Waals surface area contributed by atoms with Crippen molar-refractivity contribution in [1.82, 2.24) is 0 Å². The number of carbonyl (C=O) groups excluding carboxylic acids is 2. The summed E-state index contributed by atoms with van der Waals surface area (Å²) in [7, 11) is 0. The molecule has 2 aromatic rings. The predicted octanol–water partition coefficient (Wildman–Crippen LogP) is 3.52. The van der Waals surface area contributed by atoms with Crippen LogP contribution in [-0.4, -0.2) is 18.2 Å². The first kappa shape index (κ1) is 15.5. The third-order valence-corrected chi connectivity index (χ3v) is 3.10. The van der Waals surface area contributed by atoms with Gasteiger partial charge in [-0.05, 0) is 50.2 Å². The Morgan fingerprint density at radius 1 is 0.864 bits per heavy atom. The Labute approximate surface area is 129 Å². The van der Waals surface area contributed by atoms with Crippen LogP contribution in [-0.2, 0) is 0 Å². The fourth-order valence-corrected chi connectivity index (χ4v) is 1.83. The van der Waals surface area contributed by atoms with Gasteiger partial charge in [-0.2, -0.15) is 0 Å². The van der Waals surface area contributed by atoms with Gasteiger partial charge in [0.05, 0.1) is 0 Å². The van der Waals surface area contributed by atoms with Gasteiger partial charge in [-0.25, -0.2) is 0 Å². The summed E-state index contributed by atoms with van der Waals surface area (Å²) >= 11 is 0. The maximum absolute atomic E-state index is 11.2. The van der Waals surface area contributed by atoms with Gasteiger partial charge in [0.25, 0.3) is 0 Å². The number of Topliss-reactive ketones (excluding diaryl/α,β-unsaturated/α-hetero) is 2. The number of rotatable bonds is 4. The summed E-state index contributed by atoms with van der Waals surface area (Å²) in [5.74, 6) is 6.62. The highest BCUT2D eigenvalue weighted by Gasteiger charge is 1.99. The molecule has 0 unspecified atom stereocenters. The molecule has 2 aromatic carbocycles. The van der Waals surface area contributed by atoms with E-state index in [1.54, 1.807) is 36.4 Å². The first-order chi connectivity index (χ1) is 10.6. The molecule has 0 fully saturated rings. The third-order valence-electron chi connectivity index (χ3n) is 3.10. The van der Waals surface area contributed by atoms with Gasteiger partial charge in [0.2, 0.25) is 0 Å². The van der Waals surface area contributed by atoms with Crippen LogP contribution < -0.4 is 4.74 Å². The minimum absolute atomic E-state index is 0.0281. The second-order valence-electron chi connectivity index (χ2n) is 4.80. The molecule has 0 aliphatic rings. The summed E-state index contributed by atoms with van der Waals surface area (Å²) in [6.45, 7) is 3.32. The Bertz CT molecular complexity index is 729. The average molecular weight is 292 g/mol. The highest BCUT2D eigenvalue weighted by molar-refractivity contribution is 5.94. The van der Waals surface area contributed by atoms with Crippen molar-refractivity contribution in [3.63, 3.8) is 0 Å². The lowest BCUT2D eigenvalue weighted by Gasteiger charge is -2.02.